The van der Waals surface area contributed by atoms with Crippen molar-refractivity contribution in [3.05, 3.63) is 65.4 Å². The van der Waals surface area contributed by atoms with Crippen molar-refractivity contribution >= 4 is 23.5 Å². The molecule has 0 radical (unpaired) electrons. The summed E-state index contributed by atoms with van der Waals surface area (Å²) in [4.78, 5) is 30.5. The van der Waals surface area contributed by atoms with Gasteiger partial charge in [-0.3, -0.25) is 9.69 Å². The van der Waals surface area contributed by atoms with Crippen LogP contribution in [0.2, 0.25) is 5.02 Å². The first-order chi connectivity index (χ1) is 12.5. The van der Waals surface area contributed by atoms with E-state index in [-0.39, 0.29) is 6.54 Å². The van der Waals surface area contributed by atoms with Crippen LogP contribution in [-0.2, 0) is 16.9 Å². The van der Waals surface area contributed by atoms with Crippen LogP contribution in [0.25, 0.3) is 11.5 Å². The second-order valence-corrected chi connectivity index (χ2v) is 6.51. The first-order valence-electron chi connectivity index (χ1n) is 7.86. The average molecular weight is 372 g/mol. The lowest BCUT2D eigenvalue weighted by Crippen LogP contribution is -2.40. The predicted molar refractivity (Wildman–Crippen MR) is 92.1 cm³/mol. The zero-order valence-corrected chi connectivity index (χ0v) is 14.5. The lowest BCUT2D eigenvalue weighted by molar-refractivity contribution is -0.132. The Labute approximate surface area is 153 Å². The van der Waals surface area contributed by atoms with Crippen LogP contribution >= 0.6 is 11.6 Å². The summed E-state index contributed by atoms with van der Waals surface area (Å²) in [6, 6.07) is 9.86. The highest BCUT2D eigenvalue weighted by atomic mass is 35.5. The van der Waals surface area contributed by atoms with Crippen LogP contribution in [0.4, 0.5) is 4.79 Å². The van der Waals surface area contributed by atoms with E-state index in [9.17, 15) is 9.59 Å². The van der Waals surface area contributed by atoms with Gasteiger partial charge in [0.1, 0.15) is 12.0 Å². The summed E-state index contributed by atoms with van der Waals surface area (Å²) in [5.41, 5.74) is -0.0753. The summed E-state index contributed by atoms with van der Waals surface area (Å²) in [6.45, 7) is 1.59. The van der Waals surface area contributed by atoms with E-state index in [1.165, 1.54) is 12.5 Å². The fourth-order valence-corrected chi connectivity index (χ4v) is 3.06. The summed E-state index contributed by atoms with van der Waals surface area (Å²) in [5.74, 6) is 0.325. The second kappa shape index (κ2) is 6.03. The molecule has 0 bridgehead atoms. The number of carbonyl (C=O) groups excluding carboxylic acids is 2. The molecule has 1 N–H and O–H groups in total. The molecule has 132 valence electrons. The smallest absolute Gasteiger partial charge is 0.325 e. The Morgan fingerprint density at radius 2 is 2.08 bits per heavy atom. The minimum atomic E-state index is -1.24. The zero-order chi connectivity index (χ0) is 18.3. The van der Waals surface area contributed by atoms with Gasteiger partial charge in [0.25, 0.3) is 5.91 Å². The number of nitrogens with one attached hydrogen (secondary N) is 1. The fraction of sp³-hybridized carbons (Fsp3) is 0.167. The lowest BCUT2D eigenvalue weighted by Gasteiger charge is -2.18. The first-order valence-corrected chi connectivity index (χ1v) is 8.23. The number of amides is 3. The molecule has 1 aliphatic heterocycles. The number of urea groups is 1. The number of carbonyl (C=O) groups is 2. The van der Waals surface area contributed by atoms with Gasteiger partial charge in [0.05, 0.1) is 18.5 Å². The molecule has 2 aromatic heterocycles. The maximum atomic E-state index is 12.8. The molecule has 1 atom stereocenters. The molecule has 0 saturated carbocycles. The molecular weight excluding hydrogens is 358 g/mol. The number of furan rings is 1. The molecule has 8 heteroatoms. The van der Waals surface area contributed by atoms with Crippen molar-refractivity contribution in [2.45, 2.75) is 19.0 Å². The number of benzene rings is 1. The summed E-state index contributed by atoms with van der Waals surface area (Å²) in [6.07, 6.45) is 2.87. The molecule has 0 spiro atoms. The maximum absolute atomic E-state index is 12.8. The molecule has 4 rings (SSSR count). The monoisotopic (exact) mass is 371 g/mol. The van der Waals surface area contributed by atoms with E-state index < -0.39 is 17.5 Å². The zero-order valence-electron chi connectivity index (χ0n) is 13.7. The minimum absolute atomic E-state index is 0.00890. The number of aromatic nitrogens is 1. The molecule has 7 nitrogen and oxygen atoms in total. The van der Waals surface area contributed by atoms with Crippen LogP contribution in [0.15, 0.2) is 57.8 Å². The van der Waals surface area contributed by atoms with Crippen LogP contribution in [0.1, 0.15) is 18.4 Å². The number of rotatable bonds is 4. The van der Waals surface area contributed by atoms with Crippen LogP contribution in [0.3, 0.4) is 0 Å². The molecule has 0 aliphatic carbocycles. The largest absolute Gasteiger partial charge is 0.466 e. The molecule has 3 heterocycles. The van der Waals surface area contributed by atoms with Crippen molar-refractivity contribution in [1.82, 2.24) is 15.2 Å². The van der Waals surface area contributed by atoms with Crippen LogP contribution in [-0.4, -0.2) is 21.8 Å². The van der Waals surface area contributed by atoms with Gasteiger partial charge < -0.3 is 14.2 Å². The Balaban J connectivity index is 1.56. The van der Waals surface area contributed by atoms with Gasteiger partial charge in [-0.25, -0.2) is 9.78 Å². The topological polar surface area (TPSA) is 88.6 Å². The molecule has 1 aliphatic rings. The Morgan fingerprint density at radius 1 is 1.23 bits per heavy atom. The molecule has 0 unspecified atom stereocenters. The lowest BCUT2D eigenvalue weighted by atomic mass is 9.99. The predicted octanol–water partition coefficient (Wildman–Crippen LogP) is 3.56. The normalized spacial score (nSPS) is 19.8. The fourth-order valence-electron chi connectivity index (χ4n) is 2.87. The summed E-state index contributed by atoms with van der Waals surface area (Å²) in [5, 5.41) is 3.23. The number of imide groups is 1. The van der Waals surface area contributed by atoms with Crippen molar-refractivity contribution in [2.75, 3.05) is 0 Å². The Bertz CT molecular complexity index is 982. The minimum Gasteiger partial charge on any atom is -0.466 e. The Kier molecular flexibility index (Phi) is 3.81. The van der Waals surface area contributed by atoms with Gasteiger partial charge in [-0.05, 0) is 37.3 Å². The number of hydrogen-bond donors (Lipinski definition) is 1. The van der Waals surface area contributed by atoms with Crippen molar-refractivity contribution in [3.8, 4) is 11.5 Å². The molecule has 1 fully saturated rings. The van der Waals surface area contributed by atoms with Gasteiger partial charge in [-0.15, -0.1) is 0 Å². The third-order valence-corrected chi connectivity index (χ3v) is 4.47. The highest BCUT2D eigenvalue weighted by Crippen LogP contribution is 2.30. The van der Waals surface area contributed by atoms with Gasteiger partial charge in [0, 0.05) is 10.6 Å². The van der Waals surface area contributed by atoms with Crippen molar-refractivity contribution in [2.24, 2.45) is 0 Å². The van der Waals surface area contributed by atoms with Gasteiger partial charge in [-0.1, -0.05) is 17.7 Å². The molecule has 3 aromatic rings. The molecule has 1 saturated heterocycles. The maximum Gasteiger partial charge on any atom is 0.325 e. The Hall–Kier alpha value is -3.06. The summed E-state index contributed by atoms with van der Waals surface area (Å²) in [7, 11) is 0. The summed E-state index contributed by atoms with van der Waals surface area (Å²) >= 11 is 5.97. The highest BCUT2D eigenvalue weighted by Gasteiger charge is 2.51. The van der Waals surface area contributed by atoms with Crippen LogP contribution in [0, 0.1) is 0 Å². The number of halogens is 1. The first kappa shape index (κ1) is 16.4. The van der Waals surface area contributed by atoms with E-state index in [4.69, 9.17) is 20.4 Å². The molecular formula is C18H14ClN3O4. The third kappa shape index (κ3) is 2.66. The van der Waals surface area contributed by atoms with E-state index in [1.54, 1.807) is 37.3 Å². The quantitative estimate of drug-likeness (QED) is 0.708. The van der Waals surface area contributed by atoms with Crippen molar-refractivity contribution in [1.29, 1.82) is 0 Å². The van der Waals surface area contributed by atoms with Crippen molar-refractivity contribution in [3.63, 3.8) is 0 Å². The highest BCUT2D eigenvalue weighted by molar-refractivity contribution is 6.30. The SMILES string of the molecule is C[C@@]1(c2ccco2)NC(=O)N(Cc2coc(-c3cccc(Cl)c3)n2)C1=O. The number of hydrogen-bond acceptors (Lipinski definition) is 5. The van der Waals surface area contributed by atoms with Gasteiger partial charge in [0.2, 0.25) is 5.89 Å². The van der Waals surface area contributed by atoms with Crippen LogP contribution in [0.5, 0.6) is 0 Å². The molecule has 26 heavy (non-hydrogen) atoms. The average Bonchev–Trinajstić information content (AvgIpc) is 3.34. The molecule has 1 aromatic carbocycles. The van der Waals surface area contributed by atoms with Gasteiger partial charge in [0.15, 0.2) is 5.54 Å². The van der Waals surface area contributed by atoms with Gasteiger partial charge in [-0.2, -0.15) is 0 Å². The number of oxazole rings is 1. The third-order valence-electron chi connectivity index (χ3n) is 4.23. The van der Waals surface area contributed by atoms with E-state index in [0.717, 1.165) is 4.90 Å². The van der Waals surface area contributed by atoms with E-state index in [0.29, 0.717) is 27.9 Å². The van der Waals surface area contributed by atoms with Crippen molar-refractivity contribution < 1.29 is 18.4 Å². The van der Waals surface area contributed by atoms with Crippen LogP contribution < -0.4 is 5.32 Å². The number of nitrogens with zero attached hydrogens (tertiary/aromatic N) is 2. The van der Waals surface area contributed by atoms with E-state index in [2.05, 4.69) is 10.3 Å². The Morgan fingerprint density at radius 3 is 2.81 bits per heavy atom. The standard InChI is InChI=1S/C18H14ClN3O4/c1-18(14-6-3-7-25-14)16(23)22(17(24)21-18)9-13-10-26-15(20-13)11-4-2-5-12(19)8-11/h2-8,10H,9H2,1H3,(H,21,24)/t18-/m0/s1. The van der Waals surface area contributed by atoms with E-state index in [1.807, 2.05) is 6.07 Å². The second-order valence-electron chi connectivity index (χ2n) is 6.08. The summed E-state index contributed by atoms with van der Waals surface area (Å²) < 4.78 is 10.8. The molecule has 3 amide bonds. The van der Waals surface area contributed by atoms with E-state index >= 15 is 0 Å². The van der Waals surface area contributed by atoms with Gasteiger partial charge >= 0.3 is 6.03 Å².